The minimum Gasteiger partial charge on any atom is -0.494 e. The Labute approximate surface area is 119 Å². The van der Waals surface area contributed by atoms with Crippen LogP contribution in [0, 0.1) is 11.8 Å². The second kappa shape index (κ2) is 7.09. The van der Waals surface area contributed by atoms with E-state index in [0.29, 0.717) is 12.3 Å². The third kappa shape index (κ3) is 4.52. The highest BCUT2D eigenvalue weighted by Gasteiger charge is 2.25. The van der Waals surface area contributed by atoms with Crippen LogP contribution in [-0.2, 0) is 4.79 Å². The highest BCUT2D eigenvalue weighted by Crippen LogP contribution is 2.19. The molecular weight excluding hydrogens is 260 g/mol. The first kappa shape index (κ1) is 15.4. The third-order valence-corrected chi connectivity index (χ3v) is 2.92. The van der Waals surface area contributed by atoms with Gasteiger partial charge in [-0.05, 0) is 25.0 Å². The van der Waals surface area contributed by atoms with Crippen molar-refractivity contribution < 1.29 is 9.53 Å². The molecule has 0 heterocycles. The Hall–Kier alpha value is -1.62. The highest BCUT2D eigenvalue weighted by molar-refractivity contribution is 7.80. The number of nitrogens with one attached hydrogen (secondary N) is 1. The van der Waals surface area contributed by atoms with Crippen LogP contribution in [0.25, 0.3) is 0 Å². The third-order valence-electron chi connectivity index (χ3n) is 2.67. The van der Waals surface area contributed by atoms with E-state index in [2.05, 4.69) is 5.32 Å². The largest absolute Gasteiger partial charge is 0.494 e. The van der Waals surface area contributed by atoms with Crippen molar-refractivity contribution in [3.05, 3.63) is 24.3 Å². The molecule has 0 aliphatic rings. The van der Waals surface area contributed by atoms with E-state index in [0.717, 1.165) is 5.75 Å². The first-order chi connectivity index (χ1) is 8.95. The molecule has 1 aromatic rings. The summed E-state index contributed by atoms with van der Waals surface area (Å²) in [4.78, 5) is 12.4. The second-order valence-electron chi connectivity index (χ2n) is 4.57. The van der Waals surface area contributed by atoms with Gasteiger partial charge in [0, 0.05) is 11.8 Å². The van der Waals surface area contributed by atoms with Crippen molar-refractivity contribution in [3.8, 4) is 5.75 Å². The van der Waals surface area contributed by atoms with Crippen LogP contribution in [0.15, 0.2) is 24.3 Å². The van der Waals surface area contributed by atoms with Crippen LogP contribution in [-0.4, -0.2) is 17.5 Å². The first-order valence-corrected chi connectivity index (χ1v) is 6.69. The average Bonchev–Trinajstić information content (AvgIpc) is 2.28. The lowest BCUT2D eigenvalue weighted by molar-refractivity contribution is -0.118. The number of carbonyl (C=O) groups is 1. The standard InChI is InChI=1S/C14H20N2O2S/c1-4-18-11-7-5-6-10(8-11)16-14(17)12(9(2)3)13(15)19/h5-9,12H,4H2,1-3H3,(H2,15,19)(H,16,17). The molecule has 0 saturated heterocycles. The zero-order valence-electron chi connectivity index (χ0n) is 11.5. The maximum atomic E-state index is 12.1. The van der Waals surface area contributed by atoms with Crippen LogP contribution in [0.1, 0.15) is 20.8 Å². The number of rotatable bonds is 6. The Kier molecular flexibility index (Phi) is 5.76. The number of anilines is 1. The van der Waals surface area contributed by atoms with Crippen LogP contribution in [0.3, 0.4) is 0 Å². The van der Waals surface area contributed by atoms with Crippen LogP contribution < -0.4 is 15.8 Å². The molecule has 0 aromatic heterocycles. The SMILES string of the molecule is CCOc1cccc(NC(=O)C(C(N)=S)C(C)C)c1. The molecule has 1 unspecified atom stereocenters. The number of nitrogens with two attached hydrogens (primary N) is 1. The van der Waals surface area contributed by atoms with E-state index in [1.807, 2.05) is 32.9 Å². The van der Waals surface area contributed by atoms with Gasteiger partial charge < -0.3 is 15.8 Å². The minimum absolute atomic E-state index is 0.0626. The summed E-state index contributed by atoms with van der Waals surface area (Å²) in [7, 11) is 0. The average molecular weight is 280 g/mol. The van der Waals surface area contributed by atoms with Gasteiger partial charge in [0.15, 0.2) is 0 Å². The van der Waals surface area contributed by atoms with E-state index in [-0.39, 0.29) is 16.8 Å². The number of hydrogen-bond donors (Lipinski definition) is 2. The molecule has 0 aliphatic carbocycles. The van der Waals surface area contributed by atoms with Crippen LogP contribution in [0.2, 0.25) is 0 Å². The quantitative estimate of drug-likeness (QED) is 0.786. The summed E-state index contributed by atoms with van der Waals surface area (Å²) >= 11 is 4.95. The Bertz CT molecular complexity index is 461. The lowest BCUT2D eigenvalue weighted by Crippen LogP contribution is -2.36. The van der Waals surface area contributed by atoms with E-state index in [1.165, 1.54) is 0 Å². The van der Waals surface area contributed by atoms with Crippen molar-refractivity contribution in [2.75, 3.05) is 11.9 Å². The molecule has 5 heteroatoms. The van der Waals surface area contributed by atoms with Gasteiger partial charge in [-0.15, -0.1) is 0 Å². The molecule has 1 amide bonds. The van der Waals surface area contributed by atoms with Crippen molar-refractivity contribution in [1.29, 1.82) is 0 Å². The van der Waals surface area contributed by atoms with Crippen molar-refractivity contribution >= 4 is 28.8 Å². The lowest BCUT2D eigenvalue weighted by Gasteiger charge is -2.19. The van der Waals surface area contributed by atoms with Gasteiger partial charge in [-0.3, -0.25) is 4.79 Å². The predicted molar refractivity (Wildman–Crippen MR) is 81.4 cm³/mol. The molecule has 0 radical (unpaired) electrons. The molecule has 1 atom stereocenters. The molecule has 0 aliphatic heterocycles. The van der Waals surface area contributed by atoms with E-state index >= 15 is 0 Å². The zero-order valence-corrected chi connectivity index (χ0v) is 12.3. The molecule has 19 heavy (non-hydrogen) atoms. The molecule has 1 rings (SSSR count). The van der Waals surface area contributed by atoms with E-state index < -0.39 is 5.92 Å². The Balaban J connectivity index is 2.80. The predicted octanol–water partition coefficient (Wildman–Crippen LogP) is 2.58. The maximum Gasteiger partial charge on any atom is 0.234 e. The molecule has 3 N–H and O–H groups in total. The van der Waals surface area contributed by atoms with Crippen molar-refractivity contribution in [3.63, 3.8) is 0 Å². The fraction of sp³-hybridized carbons (Fsp3) is 0.429. The van der Waals surface area contributed by atoms with E-state index in [1.54, 1.807) is 12.1 Å². The summed E-state index contributed by atoms with van der Waals surface area (Å²) in [5.41, 5.74) is 6.29. The molecular formula is C14H20N2O2S. The van der Waals surface area contributed by atoms with Gasteiger partial charge in [0.05, 0.1) is 17.5 Å². The summed E-state index contributed by atoms with van der Waals surface area (Å²) in [5, 5.41) is 2.82. The van der Waals surface area contributed by atoms with Gasteiger partial charge in [-0.2, -0.15) is 0 Å². The Morgan fingerprint density at radius 2 is 2.16 bits per heavy atom. The van der Waals surface area contributed by atoms with Gasteiger partial charge in [-0.1, -0.05) is 32.1 Å². The number of ether oxygens (including phenoxy) is 1. The van der Waals surface area contributed by atoms with Gasteiger partial charge in [0.25, 0.3) is 0 Å². The summed E-state index contributed by atoms with van der Waals surface area (Å²) in [5.74, 6) is 0.131. The fourth-order valence-corrected chi connectivity index (χ4v) is 2.19. The molecule has 0 fully saturated rings. The number of thiocarbonyl (C=S) groups is 1. The van der Waals surface area contributed by atoms with Crippen LogP contribution >= 0.6 is 12.2 Å². The fourth-order valence-electron chi connectivity index (χ4n) is 1.81. The molecule has 4 nitrogen and oxygen atoms in total. The summed E-state index contributed by atoms with van der Waals surface area (Å²) in [6.45, 7) is 6.33. The van der Waals surface area contributed by atoms with Crippen molar-refractivity contribution in [2.45, 2.75) is 20.8 Å². The molecule has 0 bridgehead atoms. The van der Waals surface area contributed by atoms with Crippen LogP contribution in [0.4, 0.5) is 5.69 Å². The number of amides is 1. The number of carbonyl (C=O) groups excluding carboxylic acids is 1. The van der Waals surface area contributed by atoms with Crippen molar-refractivity contribution in [1.82, 2.24) is 0 Å². The van der Waals surface area contributed by atoms with Gasteiger partial charge >= 0.3 is 0 Å². The molecule has 1 aromatic carbocycles. The summed E-state index contributed by atoms with van der Waals surface area (Å²) < 4.78 is 5.38. The molecule has 104 valence electrons. The zero-order chi connectivity index (χ0) is 14.4. The van der Waals surface area contributed by atoms with Crippen molar-refractivity contribution in [2.24, 2.45) is 17.6 Å². The Morgan fingerprint density at radius 3 is 2.68 bits per heavy atom. The summed E-state index contributed by atoms with van der Waals surface area (Å²) in [6, 6.07) is 7.24. The number of benzene rings is 1. The minimum atomic E-state index is -0.467. The maximum absolute atomic E-state index is 12.1. The van der Waals surface area contributed by atoms with Crippen LogP contribution in [0.5, 0.6) is 5.75 Å². The van der Waals surface area contributed by atoms with E-state index in [4.69, 9.17) is 22.7 Å². The first-order valence-electron chi connectivity index (χ1n) is 6.28. The Morgan fingerprint density at radius 1 is 1.47 bits per heavy atom. The topological polar surface area (TPSA) is 64.3 Å². The monoisotopic (exact) mass is 280 g/mol. The normalized spacial score (nSPS) is 12.0. The van der Waals surface area contributed by atoms with Gasteiger partial charge in [-0.25, -0.2) is 0 Å². The molecule has 0 spiro atoms. The highest BCUT2D eigenvalue weighted by atomic mass is 32.1. The second-order valence-corrected chi connectivity index (χ2v) is 5.05. The smallest absolute Gasteiger partial charge is 0.234 e. The van der Waals surface area contributed by atoms with Gasteiger partial charge in [0.1, 0.15) is 5.75 Å². The number of hydrogen-bond acceptors (Lipinski definition) is 3. The summed E-state index contributed by atoms with van der Waals surface area (Å²) in [6.07, 6.45) is 0. The molecule has 0 saturated carbocycles. The van der Waals surface area contributed by atoms with Gasteiger partial charge in [0.2, 0.25) is 5.91 Å². The lowest BCUT2D eigenvalue weighted by atomic mass is 9.95. The van der Waals surface area contributed by atoms with E-state index in [9.17, 15) is 4.79 Å².